The number of nitrogens with one attached hydrogen (secondary N) is 1. The summed E-state index contributed by atoms with van der Waals surface area (Å²) in [6, 6.07) is 14.4. The van der Waals surface area contributed by atoms with E-state index in [4.69, 9.17) is 15.9 Å². The van der Waals surface area contributed by atoms with Crippen molar-refractivity contribution in [2.45, 2.75) is 19.6 Å². The van der Waals surface area contributed by atoms with Gasteiger partial charge in [-0.05, 0) is 28.8 Å². The van der Waals surface area contributed by atoms with Crippen molar-refractivity contribution in [2.75, 3.05) is 7.11 Å². The third-order valence-corrected chi connectivity index (χ3v) is 3.87. The molecule has 0 bridgehead atoms. The van der Waals surface area contributed by atoms with Crippen molar-refractivity contribution in [3.05, 3.63) is 64.7 Å². The number of fused-ring (bicyclic) bond motifs is 1. The summed E-state index contributed by atoms with van der Waals surface area (Å²) in [6.45, 7) is 2.79. The van der Waals surface area contributed by atoms with Crippen molar-refractivity contribution in [1.29, 1.82) is 5.41 Å². The fourth-order valence-electron chi connectivity index (χ4n) is 2.84. The summed E-state index contributed by atoms with van der Waals surface area (Å²) in [7, 11) is 1.60. The first-order valence-electron chi connectivity index (χ1n) is 6.98. The molecule has 0 aromatic heterocycles. The minimum Gasteiger partial charge on any atom is -0.496 e. The topological polar surface area (TPSA) is 62.3 Å². The Kier molecular flexibility index (Phi) is 3.62. The summed E-state index contributed by atoms with van der Waals surface area (Å²) >= 11 is 0. The van der Waals surface area contributed by atoms with Gasteiger partial charge in [0.25, 0.3) is 0 Å². The van der Waals surface area contributed by atoms with E-state index in [1.165, 1.54) is 11.1 Å². The molecule has 108 valence electrons. The highest BCUT2D eigenvalue weighted by Gasteiger charge is 2.18. The van der Waals surface area contributed by atoms with Gasteiger partial charge in [0.1, 0.15) is 11.6 Å². The predicted octanol–water partition coefficient (Wildman–Crippen LogP) is 2.50. The molecule has 0 unspecified atom stereocenters. The van der Waals surface area contributed by atoms with E-state index in [9.17, 15) is 0 Å². The molecule has 3 rings (SSSR count). The van der Waals surface area contributed by atoms with Gasteiger partial charge in [-0.15, -0.1) is 0 Å². The number of nitrogen functional groups attached to an aromatic ring is 1. The Morgan fingerprint density at radius 1 is 1.19 bits per heavy atom. The van der Waals surface area contributed by atoms with Crippen LogP contribution in [0.4, 0.5) is 0 Å². The summed E-state index contributed by atoms with van der Waals surface area (Å²) in [5.74, 6) is 0.689. The van der Waals surface area contributed by atoms with Crippen molar-refractivity contribution in [3.8, 4) is 5.75 Å². The number of benzene rings is 2. The lowest BCUT2D eigenvalue weighted by Gasteiger charge is -2.16. The molecule has 0 atom stereocenters. The minimum atomic E-state index is 0.0402. The highest BCUT2D eigenvalue weighted by atomic mass is 16.5. The van der Waals surface area contributed by atoms with E-state index in [0.29, 0.717) is 11.3 Å². The van der Waals surface area contributed by atoms with Gasteiger partial charge in [-0.3, -0.25) is 10.3 Å². The zero-order chi connectivity index (χ0) is 14.8. The van der Waals surface area contributed by atoms with Crippen LogP contribution in [0.3, 0.4) is 0 Å². The normalized spacial score (nSPS) is 14.0. The number of rotatable bonds is 4. The van der Waals surface area contributed by atoms with Crippen LogP contribution in [0.5, 0.6) is 5.75 Å². The van der Waals surface area contributed by atoms with E-state index in [-0.39, 0.29) is 5.84 Å². The van der Waals surface area contributed by atoms with Crippen molar-refractivity contribution in [3.63, 3.8) is 0 Å². The first-order chi connectivity index (χ1) is 10.2. The maximum absolute atomic E-state index is 7.65. The van der Waals surface area contributed by atoms with Gasteiger partial charge in [-0.2, -0.15) is 0 Å². The molecule has 0 spiro atoms. The van der Waals surface area contributed by atoms with E-state index in [1.807, 2.05) is 18.2 Å². The van der Waals surface area contributed by atoms with Gasteiger partial charge in [-0.25, -0.2) is 0 Å². The fourth-order valence-corrected chi connectivity index (χ4v) is 2.84. The summed E-state index contributed by atoms with van der Waals surface area (Å²) in [6.07, 6.45) is 0. The first-order valence-corrected chi connectivity index (χ1v) is 6.98. The Morgan fingerprint density at radius 3 is 2.43 bits per heavy atom. The molecule has 3 N–H and O–H groups in total. The van der Waals surface area contributed by atoms with Gasteiger partial charge in [0, 0.05) is 19.6 Å². The first kappa shape index (κ1) is 13.6. The maximum atomic E-state index is 7.65. The highest BCUT2D eigenvalue weighted by Crippen LogP contribution is 2.25. The molecule has 0 aliphatic carbocycles. The molecule has 0 saturated carbocycles. The van der Waals surface area contributed by atoms with Crippen molar-refractivity contribution in [1.82, 2.24) is 4.90 Å². The third-order valence-electron chi connectivity index (χ3n) is 3.87. The molecule has 4 heteroatoms. The summed E-state index contributed by atoms with van der Waals surface area (Å²) < 4.78 is 5.25. The predicted molar refractivity (Wildman–Crippen MR) is 83.4 cm³/mol. The molecule has 0 radical (unpaired) electrons. The quantitative estimate of drug-likeness (QED) is 0.668. The van der Waals surface area contributed by atoms with Crippen LogP contribution in [-0.4, -0.2) is 17.8 Å². The summed E-state index contributed by atoms with van der Waals surface area (Å²) in [5, 5.41) is 7.65. The monoisotopic (exact) mass is 281 g/mol. The SMILES string of the molecule is COc1ccc(CN2Cc3ccccc3C2)cc1C(=N)N. The van der Waals surface area contributed by atoms with Gasteiger partial charge >= 0.3 is 0 Å². The van der Waals surface area contributed by atoms with Crippen molar-refractivity contribution in [2.24, 2.45) is 5.73 Å². The standard InChI is InChI=1S/C17H19N3O/c1-21-16-7-6-12(8-15(16)17(18)19)9-20-10-13-4-2-3-5-14(13)11-20/h2-8H,9-11H2,1H3,(H3,18,19). The lowest BCUT2D eigenvalue weighted by molar-refractivity contribution is 0.275. The molecule has 1 heterocycles. The van der Waals surface area contributed by atoms with E-state index >= 15 is 0 Å². The molecule has 2 aromatic rings. The molecule has 4 nitrogen and oxygen atoms in total. The molecule has 0 saturated heterocycles. The molecule has 2 aromatic carbocycles. The van der Waals surface area contributed by atoms with Crippen molar-refractivity contribution < 1.29 is 4.74 Å². The molecular formula is C17H19N3O. The number of hydrogen-bond donors (Lipinski definition) is 2. The summed E-state index contributed by atoms with van der Waals surface area (Å²) in [5.41, 5.74) is 10.2. The van der Waals surface area contributed by atoms with Crippen LogP contribution < -0.4 is 10.5 Å². The Hall–Kier alpha value is -2.33. The Labute approximate surface area is 124 Å². The van der Waals surface area contributed by atoms with E-state index in [2.05, 4.69) is 29.2 Å². The molecule has 0 fully saturated rings. The zero-order valence-electron chi connectivity index (χ0n) is 12.1. The van der Waals surface area contributed by atoms with Gasteiger partial charge < -0.3 is 10.5 Å². The second-order valence-corrected chi connectivity index (χ2v) is 5.36. The number of nitrogens with zero attached hydrogens (tertiary/aromatic N) is 1. The second-order valence-electron chi connectivity index (χ2n) is 5.36. The number of hydrogen-bond acceptors (Lipinski definition) is 3. The summed E-state index contributed by atoms with van der Waals surface area (Å²) in [4.78, 5) is 2.39. The van der Waals surface area contributed by atoms with Gasteiger partial charge in [-0.1, -0.05) is 30.3 Å². The largest absolute Gasteiger partial charge is 0.496 e. The average Bonchev–Trinajstić information content (AvgIpc) is 2.89. The zero-order valence-corrected chi connectivity index (χ0v) is 12.1. The molecule has 0 amide bonds. The van der Waals surface area contributed by atoms with Gasteiger partial charge in [0.15, 0.2) is 0 Å². The Bertz CT molecular complexity index is 656. The van der Waals surface area contributed by atoms with E-state index in [0.717, 1.165) is 25.2 Å². The molecule has 21 heavy (non-hydrogen) atoms. The van der Waals surface area contributed by atoms with Crippen LogP contribution in [0.15, 0.2) is 42.5 Å². The maximum Gasteiger partial charge on any atom is 0.129 e. The molecular weight excluding hydrogens is 262 g/mol. The minimum absolute atomic E-state index is 0.0402. The lowest BCUT2D eigenvalue weighted by Crippen LogP contribution is -2.17. The van der Waals surface area contributed by atoms with Crippen LogP contribution in [-0.2, 0) is 19.6 Å². The van der Waals surface area contributed by atoms with Crippen LogP contribution in [0.1, 0.15) is 22.3 Å². The number of ether oxygens (including phenoxy) is 1. The smallest absolute Gasteiger partial charge is 0.129 e. The van der Waals surface area contributed by atoms with Crippen LogP contribution in [0, 0.1) is 5.41 Å². The second kappa shape index (κ2) is 5.58. The molecule has 1 aliphatic rings. The third kappa shape index (κ3) is 2.76. The Morgan fingerprint density at radius 2 is 1.86 bits per heavy atom. The fraction of sp³-hybridized carbons (Fsp3) is 0.235. The number of amidine groups is 1. The average molecular weight is 281 g/mol. The molecule has 1 aliphatic heterocycles. The van der Waals surface area contributed by atoms with Crippen LogP contribution in [0.25, 0.3) is 0 Å². The van der Waals surface area contributed by atoms with Gasteiger partial charge in [0.05, 0.1) is 12.7 Å². The van der Waals surface area contributed by atoms with E-state index in [1.54, 1.807) is 7.11 Å². The van der Waals surface area contributed by atoms with Crippen LogP contribution >= 0.6 is 0 Å². The number of methoxy groups -OCH3 is 1. The number of nitrogens with two attached hydrogens (primary N) is 1. The van der Waals surface area contributed by atoms with Crippen molar-refractivity contribution >= 4 is 5.84 Å². The van der Waals surface area contributed by atoms with Gasteiger partial charge in [0.2, 0.25) is 0 Å². The lowest BCUT2D eigenvalue weighted by atomic mass is 10.1. The van der Waals surface area contributed by atoms with Crippen LogP contribution in [0.2, 0.25) is 0 Å². The highest BCUT2D eigenvalue weighted by molar-refractivity contribution is 5.97. The Balaban J connectivity index is 1.78. The van der Waals surface area contributed by atoms with E-state index < -0.39 is 0 Å².